The maximum absolute atomic E-state index is 12.6. The third-order valence-electron chi connectivity index (χ3n) is 4.37. The fourth-order valence-corrected chi connectivity index (χ4v) is 3.12. The molecule has 0 spiro atoms. The summed E-state index contributed by atoms with van der Waals surface area (Å²) < 4.78 is 5.55. The van der Waals surface area contributed by atoms with Crippen molar-refractivity contribution in [2.24, 2.45) is 11.8 Å². The van der Waals surface area contributed by atoms with Crippen molar-refractivity contribution >= 4 is 5.91 Å². The van der Waals surface area contributed by atoms with E-state index in [-0.39, 0.29) is 12.0 Å². The third kappa shape index (κ3) is 3.93. The van der Waals surface area contributed by atoms with Crippen LogP contribution in [0.5, 0.6) is 0 Å². The molecule has 2 saturated heterocycles. The van der Waals surface area contributed by atoms with Crippen LogP contribution in [0, 0.1) is 11.8 Å². The molecule has 4 nitrogen and oxygen atoms in total. The number of amides is 1. The van der Waals surface area contributed by atoms with Crippen LogP contribution in [0.15, 0.2) is 0 Å². The molecule has 110 valence electrons. The molecule has 0 saturated carbocycles. The zero-order chi connectivity index (χ0) is 13.8. The summed E-state index contributed by atoms with van der Waals surface area (Å²) in [6, 6.07) is 0.290. The average molecular weight is 268 g/mol. The van der Waals surface area contributed by atoms with Gasteiger partial charge >= 0.3 is 0 Å². The first-order chi connectivity index (χ1) is 9.08. The maximum Gasteiger partial charge on any atom is 0.228 e. The van der Waals surface area contributed by atoms with Gasteiger partial charge in [-0.1, -0.05) is 0 Å². The number of hydrogen-bond donors (Lipinski definition) is 1. The normalized spacial score (nSPS) is 28.8. The van der Waals surface area contributed by atoms with Gasteiger partial charge in [0.25, 0.3) is 0 Å². The largest absolute Gasteiger partial charge is 0.378 e. The highest BCUT2D eigenvalue weighted by molar-refractivity contribution is 5.79. The Labute approximate surface area is 116 Å². The van der Waals surface area contributed by atoms with E-state index in [0.29, 0.717) is 24.5 Å². The molecule has 4 heteroatoms. The van der Waals surface area contributed by atoms with Gasteiger partial charge in [0, 0.05) is 12.6 Å². The van der Waals surface area contributed by atoms with Crippen LogP contribution in [0.25, 0.3) is 0 Å². The third-order valence-corrected chi connectivity index (χ3v) is 4.37. The van der Waals surface area contributed by atoms with Crippen molar-refractivity contribution in [3.8, 4) is 0 Å². The zero-order valence-electron chi connectivity index (χ0n) is 12.5. The topological polar surface area (TPSA) is 41.6 Å². The predicted octanol–water partition coefficient (Wildman–Crippen LogP) is 1.65. The molecule has 0 aliphatic carbocycles. The molecular formula is C15H28N2O2. The van der Waals surface area contributed by atoms with E-state index >= 15 is 0 Å². The number of nitrogens with zero attached hydrogens (tertiary/aromatic N) is 1. The van der Waals surface area contributed by atoms with E-state index in [4.69, 9.17) is 4.74 Å². The summed E-state index contributed by atoms with van der Waals surface area (Å²) in [5, 5.41) is 3.38. The van der Waals surface area contributed by atoms with Gasteiger partial charge in [0.15, 0.2) is 0 Å². The first-order valence-corrected chi connectivity index (χ1v) is 7.70. The van der Waals surface area contributed by atoms with Crippen molar-refractivity contribution in [2.75, 3.05) is 26.2 Å². The number of nitrogens with one attached hydrogen (secondary N) is 1. The molecular weight excluding hydrogens is 240 g/mol. The summed E-state index contributed by atoms with van der Waals surface area (Å²) in [5.74, 6) is 1.05. The molecule has 1 amide bonds. The molecule has 0 aromatic carbocycles. The second-order valence-electron chi connectivity index (χ2n) is 6.35. The second kappa shape index (κ2) is 6.71. The molecule has 2 aliphatic heterocycles. The fraction of sp³-hybridized carbons (Fsp3) is 0.933. The van der Waals surface area contributed by atoms with Crippen molar-refractivity contribution in [1.82, 2.24) is 10.2 Å². The summed E-state index contributed by atoms with van der Waals surface area (Å²) in [6.45, 7) is 10.0. The van der Waals surface area contributed by atoms with Gasteiger partial charge in [0.1, 0.15) is 0 Å². The van der Waals surface area contributed by atoms with E-state index in [1.54, 1.807) is 0 Å². The SMILES string of the molecule is CC1CC(C(=O)N(CC2CCNCC2)C(C)C)CO1. The standard InChI is InChI=1S/C15H28N2O2/c1-11(2)17(9-13-4-6-16-7-5-13)15(18)14-8-12(3)19-10-14/h11-14,16H,4-10H2,1-3H3. The van der Waals surface area contributed by atoms with Gasteiger partial charge in [0.05, 0.1) is 18.6 Å². The van der Waals surface area contributed by atoms with E-state index in [1.807, 2.05) is 0 Å². The highest BCUT2D eigenvalue weighted by Crippen LogP contribution is 2.24. The minimum absolute atomic E-state index is 0.0825. The highest BCUT2D eigenvalue weighted by atomic mass is 16.5. The molecule has 0 aromatic heterocycles. The summed E-state index contributed by atoms with van der Waals surface area (Å²) in [4.78, 5) is 14.7. The van der Waals surface area contributed by atoms with Crippen molar-refractivity contribution in [2.45, 2.75) is 52.2 Å². The molecule has 2 fully saturated rings. The number of carbonyl (C=O) groups excluding carboxylic acids is 1. The second-order valence-corrected chi connectivity index (χ2v) is 6.35. The summed E-state index contributed by atoms with van der Waals surface area (Å²) in [7, 11) is 0. The van der Waals surface area contributed by atoms with Gasteiger partial charge in [0.2, 0.25) is 5.91 Å². The first-order valence-electron chi connectivity index (χ1n) is 7.70. The molecule has 0 radical (unpaired) electrons. The maximum atomic E-state index is 12.6. The van der Waals surface area contributed by atoms with Crippen molar-refractivity contribution in [3.05, 3.63) is 0 Å². The molecule has 2 aliphatic rings. The van der Waals surface area contributed by atoms with Gasteiger partial charge in [-0.05, 0) is 59.0 Å². The molecule has 2 atom stereocenters. The molecule has 0 aromatic rings. The molecule has 0 bridgehead atoms. The molecule has 2 rings (SSSR count). The van der Waals surface area contributed by atoms with Gasteiger partial charge in [-0.25, -0.2) is 0 Å². The smallest absolute Gasteiger partial charge is 0.228 e. The van der Waals surface area contributed by atoms with Crippen molar-refractivity contribution in [1.29, 1.82) is 0 Å². The number of ether oxygens (including phenoxy) is 1. The minimum atomic E-state index is 0.0825. The fourth-order valence-electron chi connectivity index (χ4n) is 3.12. The minimum Gasteiger partial charge on any atom is -0.378 e. The number of carbonyl (C=O) groups is 1. The van der Waals surface area contributed by atoms with Crippen LogP contribution in [-0.4, -0.2) is 49.2 Å². The Bertz CT molecular complexity index is 301. The summed E-state index contributed by atoms with van der Waals surface area (Å²) >= 11 is 0. The molecule has 19 heavy (non-hydrogen) atoms. The lowest BCUT2D eigenvalue weighted by atomic mass is 9.95. The average Bonchev–Trinajstić information content (AvgIpc) is 2.83. The lowest BCUT2D eigenvalue weighted by molar-refractivity contribution is -0.138. The Morgan fingerprint density at radius 2 is 2.05 bits per heavy atom. The Morgan fingerprint density at radius 3 is 2.58 bits per heavy atom. The van der Waals surface area contributed by atoms with Crippen LogP contribution in [0.2, 0.25) is 0 Å². The molecule has 2 heterocycles. The van der Waals surface area contributed by atoms with E-state index in [2.05, 4.69) is 31.0 Å². The van der Waals surface area contributed by atoms with E-state index in [0.717, 1.165) is 26.1 Å². The predicted molar refractivity (Wildman–Crippen MR) is 76.0 cm³/mol. The first kappa shape index (κ1) is 14.8. The Kier molecular flexibility index (Phi) is 5.22. The van der Waals surface area contributed by atoms with Crippen LogP contribution in [0.1, 0.15) is 40.0 Å². The lowest BCUT2D eigenvalue weighted by Gasteiger charge is -2.34. The zero-order valence-corrected chi connectivity index (χ0v) is 12.5. The Balaban J connectivity index is 1.92. The van der Waals surface area contributed by atoms with Gasteiger partial charge in [-0.3, -0.25) is 4.79 Å². The number of piperidine rings is 1. The monoisotopic (exact) mass is 268 g/mol. The van der Waals surface area contributed by atoms with Crippen LogP contribution in [0.4, 0.5) is 0 Å². The van der Waals surface area contributed by atoms with E-state index < -0.39 is 0 Å². The van der Waals surface area contributed by atoms with Crippen molar-refractivity contribution < 1.29 is 9.53 Å². The van der Waals surface area contributed by atoms with E-state index in [9.17, 15) is 4.79 Å². The summed E-state index contributed by atoms with van der Waals surface area (Å²) in [6.07, 6.45) is 3.50. The van der Waals surface area contributed by atoms with Gasteiger partial charge < -0.3 is 15.0 Å². The van der Waals surface area contributed by atoms with Crippen molar-refractivity contribution in [3.63, 3.8) is 0 Å². The Morgan fingerprint density at radius 1 is 1.37 bits per heavy atom. The van der Waals surface area contributed by atoms with Crippen LogP contribution >= 0.6 is 0 Å². The van der Waals surface area contributed by atoms with Crippen LogP contribution < -0.4 is 5.32 Å². The van der Waals surface area contributed by atoms with Gasteiger partial charge in [-0.15, -0.1) is 0 Å². The Hall–Kier alpha value is -0.610. The lowest BCUT2D eigenvalue weighted by Crippen LogP contribution is -2.45. The van der Waals surface area contributed by atoms with Crippen LogP contribution in [-0.2, 0) is 9.53 Å². The quantitative estimate of drug-likeness (QED) is 0.843. The van der Waals surface area contributed by atoms with Crippen LogP contribution in [0.3, 0.4) is 0 Å². The molecule has 2 unspecified atom stereocenters. The van der Waals surface area contributed by atoms with E-state index in [1.165, 1.54) is 12.8 Å². The van der Waals surface area contributed by atoms with Gasteiger partial charge in [-0.2, -0.15) is 0 Å². The number of hydrogen-bond acceptors (Lipinski definition) is 3. The molecule has 1 N–H and O–H groups in total. The number of rotatable bonds is 4. The highest BCUT2D eigenvalue weighted by Gasteiger charge is 2.33. The summed E-state index contributed by atoms with van der Waals surface area (Å²) in [5.41, 5.74) is 0.